The van der Waals surface area contributed by atoms with E-state index in [1.54, 1.807) is 0 Å². The van der Waals surface area contributed by atoms with Crippen LogP contribution in [0.25, 0.3) is 0 Å². The standard InChI is InChI=1S/C13H27NO3S/c1-12(2)11-14-8-6-13(15,7-9-14)5-4-10-18(3,16)17/h12,15H,4-11H2,1-3H3. The smallest absolute Gasteiger partial charge is 0.147 e. The molecule has 0 saturated carbocycles. The molecule has 0 bridgehead atoms. The molecular weight excluding hydrogens is 250 g/mol. The fourth-order valence-corrected chi connectivity index (χ4v) is 3.25. The minimum atomic E-state index is -2.90. The zero-order valence-electron chi connectivity index (χ0n) is 11.9. The number of rotatable bonds is 6. The molecule has 0 aromatic heterocycles. The Morgan fingerprint density at radius 2 is 1.83 bits per heavy atom. The van der Waals surface area contributed by atoms with Crippen LogP contribution in [0.3, 0.4) is 0 Å². The van der Waals surface area contributed by atoms with E-state index in [4.69, 9.17) is 0 Å². The fraction of sp³-hybridized carbons (Fsp3) is 1.00. The van der Waals surface area contributed by atoms with Gasteiger partial charge in [-0.2, -0.15) is 0 Å². The van der Waals surface area contributed by atoms with Crippen LogP contribution >= 0.6 is 0 Å². The van der Waals surface area contributed by atoms with Gasteiger partial charge in [-0.3, -0.25) is 0 Å². The lowest BCUT2D eigenvalue weighted by atomic mass is 9.87. The lowest BCUT2D eigenvalue weighted by Gasteiger charge is -2.39. The van der Waals surface area contributed by atoms with E-state index >= 15 is 0 Å². The molecule has 0 aromatic rings. The van der Waals surface area contributed by atoms with E-state index in [1.165, 1.54) is 6.26 Å². The van der Waals surface area contributed by atoms with Crippen LogP contribution in [0.15, 0.2) is 0 Å². The van der Waals surface area contributed by atoms with Gasteiger partial charge >= 0.3 is 0 Å². The molecule has 108 valence electrons. The Balaban J connectivity index is 2.31. The Bertz CT molecular complexity index is 343. The number of sulfone groups is 1. The summed E-state index contributed by atoms with van der Waals surface area (Å²) in [5.41, 5.74) is -0.641. The van der Waals surface area contributed by atoms with Gasteiger partial charge in [-0.05, 0) is 31.6 Å². The quantitative estimate of drug-likeness (QED) is 0.795. The van der Waals surface area contributed by atoms with Crippen molar-refractivity contribution in [3.63, 3.8) is 0 Å². The molecule has 1 aliphatic heterocycles. The highest BCUT2D eigenvalue weighted by Gasteiger charge is 2.31. The van der Waals surface area contributed by atoms with Gasteiger partial charge in [-0.1, -0.05) is 13.8 Å². The van der Waals surface area contributed by atoms with Crippen molar-refractivity contribution < 1.29 is 13.5 Å². The van der Waals surface area contributed by atoms with Crippen LogP contribution < -0.4 is 0 Å². The molecule has 1 heterocycles. The predicted molar refractivity (Wildman–Crippen MR) is 74.4 cm³/mol. The fourth-order valence-electron chi connectivity index (χ4n) is 2.58. The van der Waals surface area contributed by atoms with Crippen molar-refractivity contribution in [2.45, 2.75) is 45.1 Å². The Hall–Kier alpha value is -0.130. The van der Waals surface area contributed by atoms with Crippen molar-refractivity contribution in [1.29, 1.82) is 0 Å². The second kappa shape index (κ2) is 6.35. The van der Waals surface area contributed by atoms with E-state index in [2.05, 4.69) is 18.7 Å². The van der Waals surface area contributed by atoms with E-state index < -0.39 is 15.4 Å². The normalized spacial score (nSPS) is 21.4. The molecule has 1 rings (SSSR count). The van der Waals surface area contributed by atoms with Crippen LogP contribution in [0.1, 0.15) is 39.5 Å². The maximum absolute atomic E-state index is 11.1. The van der Waals surface area contributed by atoms with Crippen LogP contribution in [-0.4, -0.2) is 55.7 Å². The van der Waals surface area contributed by atoms with Gasteiger partial charge in [-0.25, -0.2) is 8.42 Å². The van der Waals surface area contributed by atoms with Crippen LogP contribution in [0.4, 0.5) is 0 Å². The van der Waals surface area contributed by atoms with E-state index in [0.29, 0.717) is 18.8 Å². The molecule has 0 aromatic carbocycles. The van der Waals surface area contributed by atoms with E-state index in [9.17, 15) is 13.5 Å². The van der Waals surface area contributed by atoms with Crippen LogP contribution in [-0.2, 0) is 9.84 Å². The van der Waals surface area contributed by atoms with Crippen molar-refractivity contribution in [3.05, 3.63) is 0 Å². The first-order valence-electron chi connectivity index (χ1n) is 6.83. The third kappa shape index (κ3) is 6.16. The second-order valence-corrected chi connectivity index (χ2v) is 8.41. The lowest BCUT2D eigenvalue weighted by Crippen LogP contribution is -2.45. The first kappa shape index (κ1) is 15.9. The van der Waals surface area contributed by atoms with Gasteiger partial charge in [0.05, 0.1) is 5.60 Å². The number of hydrogen-bond acceptors (Lipinski definition) is 4. The van der Waals surface area contributed by atoms with Crippen molar-refractivity contribution in [2.75, 3.05) is 31.6 Å². The van der Waals surface area contributed by atoms with Gasteiger partial charge in [0.2, 0.25) is 0 Å². The molecule has 1 fully saturated rings. The monoisotopic (exact) mass is 277 g/mol. The summed E-state index contributed by atoms with van der Waals surface area (Å²) in [6, 6.07) is 0. The maximum Gasteiger partial charge on any atom is 0.147 e. The minimum absolute atomic E-state index is 0.186. The summed E-state index contributed by atoms with van der Waals surface area (Å²) in [4.78, 5) is 2.38. The summed E-state index contributed by atoms with van der Waals surface area (Å²) in [5, 5.41) is 10.4. The molecule has 5 heteroatoms. The number of piperidine rings is 1. The van der Waals surface area contributed by atoms with Gasteiger partial charge in [0.25, 0.3) is 0 Å². The lowest BCUT2D eigenvalue weighted by molar-refractivity contribution is -0.0297. The summed E-state index contributed by atoms with van der Waals surface area (Å²) in [6.45, 7) is 7.33. The molecule has 18 heavy (non-hydrogen) atoms. The average molecular weight is 277 g/mol. The zero-order valence-corrected chi connectivity index (χ0v) is 12.7. The average Bonchev–Trinajstić information content (AvgIpc) is 2.19. The maximum atomic E-state index is 11.1. The molecule has 0 atom stereocenters. The minimum Gasteiger partial charge on any atom is -0.390 e. The number of aliphatic hydroxyl groups is 1. The van der Waals surface area contributed by atoms with Crippen molar-refractivity contribution in [2.24, 2.45) is 5.92 Å². The number of nitrogens with zero attached hydrogens (tertiary/aromatic N) is 1. The first-order valence-corrected chi connectivity index (χ1v) is 8.89. The summed E-state index contributed by atoms with van der Waals surface area (Å²) >= 11 is 0. The highest BCUT2D eigenvalue weighted by molar-refractivity contribution is 7.90. The van der Waals surface area contributed by atoms with Crippen LogP contribution in [0.5, 0.6) is 0 Å². The molecule has 0 aliphatic carbocycles. The van der Waals surface area contributed by atoms with Gasteiger partial charge in [0.15, 0.2) is 0 Å². The molecule has 1 saturated heterocycles. The van der Waals surface area contributed by atoms with Crippen molar-refractivity contribution in [1.82, 2.24) is 4.90 Å². The van der Waals surface area contributed by atoms with Gasteiger partial charge < -0.3 is 10.0 Å². The van der Waals surface area contributed by atoms with Gasteiger partial charge in [-0.15, -0.1) is 0 Å². The molecule has 0 unspecified atom stereocenters. The SMILES string of the molecule is CC(C)CN1CCC(O)(CCCS(C)(=O)=O)CC1. The van der Waals surface area contributed by atoms with Crippen molar-refractivity contribution >= 4 is 9.84 Å². The Kier molecular flexibility index (Phi) is 5.62. The van der Waals surface area contributed by atoms with Gasteiger partial charge in [0, 0.05) is 31.6 Å². The molecule has 0 amide bonds. The summed E-state index contributed by atoms with van der Waals surface area (Å²) in [5.74, 6) is 0.840. The Morgan fingerprint density at radius 1 is 1.28 bits per heavy atom. The largest absolute Gasteiger partial charge is 0.390 e. The Morgan fingerprint density at radius 3 is 2.28 bits per heavy atom. The highest BCUT2D eigenvalue weighted by Crippen LogP contribution is 2.27. The molecule has 0 spiro atoms. The molecular formula is C13H27NO3S. The first-order chi connectivity index (χ1) is 8.20. The molecule has 4 nitrogen and oxygen atoms in total. The highest BCUT2D eigenvalue weighted by atomic mass is 32.2. The molecule has 1 aliphatic rings. The Labute approximate surface area is 111 Å². The van der Waals surface area contributed by atoms with Gasteiger partial charge in [0.1, 0.15) is 9.84 Å². The van der Waals surface area contributed by atoms with Crippen LogP contribution in [0, 0.1) is 5.92 Å². The van der Waals surface area contributed by atoms with E-state index in [0.717, 1.165) is 32.5 Å². The number of likely N-dealkylation sites (tertiary alicyclic amines) is 1. The summed E-state index contributed by atoms with van der Waals surface area (Å²) in [7, 11) is -2.90. The summed E-state index contributed by atoms with van der Waals surface area (Å²) in [6.07, 6.45) is 3.96. The second-order valence-electron chi connectivity index (χ2n) is 6.15. The third-order valence-corrected chi connectivity index (χ3v) is 4.60. The summed E-state index contributed by atoms with van der Waals surface area (Å²) < 4.78 is 22.1. The van der Waals surface area contributed by atoms with E-state index in [-0.39, 0.29) is 5.75 Å². The number of hydrogen-bond donors (Lipinski definition) is 1. The van der Waals surface area contributed by atoms with E-state index in [1.807, 2.05) is 0 Å². The third-order valence-electron chi connectivity index (χ3n) is 3.57. The topological polar surface area (TPSA) is 57.6 Å². The van der Waals surface area contributed by atoms with Crippen LogP contribution in [0.2, 0.25) is 0 Å². The predicted octanol–water partition coefficient (Wildman–Crippen LogP) is 1.29. The molecule has 0 radical (unpaired) electrons. The van der Waals surface area contributed by atoms with Crippen molar-refractivity contribution in [3.8, 4) is 0 Å². The molecule has 1 N–H and O–H groups in total. The zero-order chi connectivity index (χ0) is 13.8.